The van der Waals surface area contributed by atoms with Crippen LogP contribution in [0.5, 0.6) is 0 Å². The average molecular weight is 389 g/mol. The summed E-state index contributed by atoms with van der Waals surface area (Å²) in [5.74, 6) is -0.209. The van der Waals surface area contributed by atoms with Crippen LogP contribution in [0.4, 0.5) is 0 Å². The molecule has 156 valence electrons. The van der Waals surface area contributed by atoms with Gasteiger partial charge in [-0.3, -0.25) is 9.59 Å². The lowest BCUT2D eigenvalue weighted by molar-refractivity contribution is -0.155. The molecule has 5 nitrogen and oxygen atoms in total. The molecule has 0 spiro atoms. The summed E-state index contributed by atoms with van der Waals surface area (Å²) >= 11 is 0. The lowest BCUT2D eigenvalue weighted by atomic mass is 9.87. The number of hydrogen-bond acceptors (Lipinski definition) is 3. The number of rotatable bonds is 6. The van der Waals surface area contributed by atoms with Crippen molar-refractivity contribution in [2.75, 3.05) is 14.1 Å². The Hall–Kier alpha value is -1.88. The smallest absolute Gasteiger partial charge is 0.228 e. The fourth-order valence-electron chi connectivity index (χ4n) is 4.14. The van der Waals surface area contributed by atoms with Crippen LogP contribution < -0.4 is 0 Å². The van der Waals surface area contributed by atoms with Gasteiger partial charge in [0.15, 0.2) is 0 Å². The topological polar surface area (TPSA) is 49.9 Å². The Morgan fingerprint density at radius 1 is 1.11 bits per heavy atom. The van der Waals surface area contributed by atoms with E-state index in [1.54, 1.807) is 19.0 Å². The van der Waals surface area contributed by atoms with Crippen LogP contribution in [0.3, 0.4) is 0 Å². The second-order valence-electron chi connectivity index (χ2n) is 9.32. The number of ether oxygens (including phenoxy) is 1. The van der Waals surface area contributed by atoms with E-state index in [2.05, 4.69) is 26.0 Å². The van der Waals surface area contributed by atoms with Crippen LogP contribution in [0.25, 0.3) is 0 Å². The second-order valence-corrected chi connectivity index (χ2v) is 9.32. The summed E-state index contributed by atoms with van der Waals surface area (Å²) in [5.41, 5.74) is 0.0277. The van der Waals surface area contributed by atoms with E-state index in [1.807, 2.05) is 50.8 Å². The summed E-state index contributed by atoms with van der Waals surface area (Å²) in [5, 5.41) is 0. The van der Waals surface area contributed by atoms with Crippen molar-refractivity contribution >= 4 is 11.8 Å². The monoisotopic (exact) mass is 388 g/mol. The molecule has 0 N–H and O–H groups in total. The first-order valence-electron chi connectivity index (χ1n) is 10.1. The van der Waals surface area contributed by atoms with Gasteiger partial charge < -0.3 is 14.5 Å². The first-order valence-corrected chi connectivity index (χ1v) is 10.1. The Kier molecular flexibility index (Phi) is 6.59. The highest BCUT2D eigenvalue weighted by molar-refractivity contribution is 5.82. The lowest BCUT2D eigenvalue weighted by Gasteiger charge is -2.37. The van der Waals surface area contributed by atoms with Gasteiger partial charge in [-0.15, -0.1) is 0 Å². The normalized spacial score (nSPS) is 22.6. The Balaban J connectivity index is 2.27. The third kappa shape index (κ3) is 4.75. The molecule has 1 aromatic rings. The predicted octanol–water partition coefficient (Wildman–Crippen LogP) is 3.72. The minimum atomic E-state index is -0.695. The number of benzene rings is 1. The molecule has 1 heterocycles. The second kappa shape index (κ2) is 8.24. The molecule has 3 atom stereocenters. The molecule has 0 saturated carbocycles. The van der Waals surface area contributed by atoms with Crippen LogP contribution in [0, 0.1) is 11.8 Å². The summed E-state index contributed by atoms with van der Waals surface area (Å²) in [4.78, 5) is 29.2. The number of carbonyl (C=O) groups is 2. The minimum absolute atomic E-state index is 0.0423. The fourth-order valence-corrected chi connectivity index (χ4v) is 4.14. The zero-order valence-electron chi connectivity index (χ0n) is 18.7. The molecule has 1 saturated heterocycles. The third-order valence-electron chi connectivity index (χ3n) is 5.95. The van der Waals surface area contributed by atoms with E-state index < -0.39 is 11.3 Å². The zero-order valence-corrected chi connectivity index (χ0v) is 18.7. The van der Waals surface area contributed by atoms with Gasteiger partial charge in [-0.1, -0.05) is 44.2 Å². The van der Waals surface area contributed by atoms with Crippen molar-refractivity contribution in [1.82, 2.24) is 9.80 Å². The summed E-state index contributed by atoms with van der Waals surface area (Å²) in [7, 11) is 3.49. The first kappa shape index (κ1) is 22.4. The van der Waals surface area contributed by atoms with Crippen LogP contribution in [0.1, 0.15) is 53.5 Å². The van der Waals surface area contributed by atoms with Crippen molar-refractivity contribution in [3.8, 4) is 0 Å². The Bertz CT molecular complexity index is 697. The van der Waals surface area contributed by atoms with Gasteiger partial charge in [0.05, 0.1) is 11.6 Å². The summed E-state index contributed by atoms with van der Waals surface area (Å²) < 4.78 is 6.33. The van der Waals surface area contributed by atoms with Crippen LogP contribution >= 0.6 is 0 Å². The van der Waals surface area contributed by atoms with Crippen LogP contribution in [-0.4, -0.2) is 53.1 Å². The molecule has 2 amide bonds. The molecule has 0 aliphatic carbocycles. The van der Waals surface area contributed by atoms with Crippen molar-refractivity contribution in [2.24, 2.45) is 11.8 Å². The van der Waals surface area contributed by atoms with Crippen molar-refractivity contribution in [1.29, 1.82) is 0 Å². The largest absolute Gasteiger partial charge is 0.349 e. The number of amides is 2. The zero-order chi connectivity index (χ0) is 21.3. The fraction of sp³-hybridized carbons (Fsp3) is 0.652. The summed E-state index contributed by atoms with van der Waals surface area (Å²) in [6.07, 6.45) is 1.10. The number of carbonyl (C=O) groups excluding carboxylic acids is 2. The van der Waals surface area contributed by atoms with Crippen molar-refractivity contribution < 1.29 is 14.3 Å². The summed E-state index contributed by atoms with van der Waals surface area (Å²) in [6, 6.07) is 10.1. The molecule has 28 heavy (non-hydrogen) atoms. The Labute approximate surface area is 170 Å². The highest BCUT2D eigenvalue weighted by Crippen LogP contribution is 2.42. The lowest BCUT2D eigenvalue weighted by Crippen LogP contribution is -2.53. The van der Waals surface area contributed by atoms with E-state index in [9.17, 15) is 9.59 Å². The Morgan fingerprint density at radius 3 is 2.21 bits per heavy atom. The maximum atomic E-state index is 13.6. The van der Waals surface area contributed by atoms with E-state index in [0.717, 1.165) is 6.42 Å². The van der Waals surface area contributed by atoms with E-state index in [1.165, 1.54) is 5.56 Å². The Morgan fingerprint density at radius 2 is 1.68 bits per heavy atom. The first-order chi connectivity index (χ1) is 12.9. The summed E-state index contributed by atoms with van der Waals surface area (Å²) in [6.45, 7) is 11.9. The SMILES string of the molecule is C[C@H](CC(=O)N(C)C)[C@@H](C)C(=O)N1[C@@H](Cc2ccccc2)C(C)(C)OC1(C)C. The maximum absolute atomic E-state index is 13.6. The van der Waals surface area contributed by atoms with Gasteiger partial charge in [-0.05, 0) is 45.6 Å². The molecule has 1 fully saturated rings. The molecule has 1 aliphatic rings. The molecule has 2 rings (SSSR count). The van der Waals surface area contributed by atoms with Gasteiger partial charge in [0.25, 0.3) is 0 Å². The standard InChI is InChI=1S/C23H36N2O3/c1-16(14-20(26)24(7)8)17(2)21(27)25-19(15-18-12-10-9-11-13-18)22(3,4)28-23(25,5)6/h9-13,16-17,19H,14-15H2,1-8H3/t16-,17-,19+/m1/s1. The van der Waals surface area contributed by atoms with Crippen molar-refractivity contribution in [2.45, 2.75) is 71.8 Å². The predicted molar refractivity (Wildman–Crippen MR) is 112 cm³/mol. The van der Waals surface area contributed by atoms with E-state index in [-0.39, 0.29) is 29.7 Å². The molecule has 0 bridgehead atoms. The van der Waals surface area contributed by atoms with Gasteiger partial charge in [-0.2, -0.15) is 0 Å². The number of hydrogen-bond donors (Lipinski definition) is 0. The molecule has 1 aromatic carbocycles. The van der Waals surface area contributed by atoms with Crippen LogP contribution in [0.2, 0.25) is 0 Å². The third-order valence-corrected chi connectivity index (χ3v) is 5.95. The molecule has 5 heteroatoms. The van der Waals surface area contributed by atoms with E-state index >= 15 is 0 Å². The van der Waals surface area contributed by atoms with Gasteiger partial charge in [0.2, 0.25) is 11.8 Å². The van der Waals surface area contributed by atoms with Crippen LogP contribution in [0.15, 0.2) is 30.3 Å². The van der Waals surface area contributed by atoms with E-state index in [4.69, 9.17) is 4.74 Å². The van der Waals surface area contributed by atoms with Crippen molar-refractivity contribution in [3.63, 3.8) is 0 Å². The minimum Gasteiger partial charge on any atom is -0.349 e. The quantitative estimate of drug-likeness (QED) is 0.746. The van der Waals surface area contributed by atoms with Gasteiger partial charge in [0, 0.05) is 26.4 Å². The molecule has 0 unspecified atom stereocenters. The van der Waals surface area contributed by atoms with Gasteiger partial charge >= 0.3 is 0 Å². The van der Waals surface area contributed by atoms with Crippen molar-refractivity contribution in [3.05, 3.63) is 35.9 Å². The van der Waals surface area contributed by atoms with E-state index in [0.29, 0.717) is 6.42 Å². The maximum Gasteiger partial charge on any atom is 0.228 e. The highest BCUT2D eigenvalue weighted by Gasteiger charge is 2.54. The average Bonchev–Trinajstić information content (AvgIpc) is 2.77. The number of nitrogens with zero attached hydrogens (tertiary/aromatic N) is 2. The molecule has 0 aromatic heterocycles. The van der Waals surface area contributed by atoms with Crippen LogP contribution in [-0.2, 0) is 20.7 Å². The molecule has 0 radical (unpaired) electrons. The van der Waals surface area contributed by atoms with Gasteiger partial charge in [-0.25, -0.2) is 0 Å². The molecular weight excluding hydrogens is 352 g/mol. The van der Waals surface area contributed by atoms with Gasteiger partial charge in [0.1, 0.15) is 5.72 Å². The molecular formula is C23H36N2O3. The molecule has 1 aliphatic heterocycles. The highest BCUT2D eigenvalue weighted by atomic mass is 16.6.